The van der Waals surface area contributed by atoms with Gasteiger partial charge in [-0.1, -0.05) is 37.2 Å². The number of azide groups is 1. The first-order chi connectivity index (χ1) is 8.71. The summed E-state index contributed by atoms with van der Waals surface area (Å²) in [6.07, 6.45) is 6.67. The Morgan fingerprint density at radius 3 is 2.78 bits per heavy atom. The van der Waals surface area contributed by atoms with Crippen LogP contribution in [0.15, 0.2) is 29.4 Å². The Labute approximate surface area is 112 Å². The number of rotatable bonds is 8. The molecule has 5 nitrogen and oxygen atoms in total. The molecule has 0 aromatic rings. The van der Waals surface area contributed by atoms with Crippen molar-refractivity contribution in [2.24, 2.45) is 5.11 Å². The molecule has 0 radical (unpaired) electrons. The average Bonchev–Trinajstić information content (AvgIpc) is 2.35. The van der Waals surface area contributed by atoms with Crippen LogP contribution < -0.4 is 0 Å². The van der Waals surface area contributed by atoms with Crippen LogP contribution in [0.1, 0.15) is 13.8 Å². The van der Waals surface area contributed by atoms with E-state index >= 15 is 0 Å². The highest BCUT2D eigenvalue weighted by atomic mass is 32.2. The van der Waals surface area contributed by atoms with Gasteiger partial charge in [0.25, 0.3) is 0 Å². The molecule has 0 aliphatic rings. The molecule has 18 heavy (non-hydrogen) atoms. The Kier molecular flexibility index (Phi) is 9.89. The number of allylic oxidation sites excluding steroid dienone is 3. The summed E-state index contributed by atoms with van der Waals surface area (Å²) in [5.74, 6) is 0.930. The van der Waals surface area contributed by atoms with Crippen molar-refractivity contribution < 1.29 is 4.74 Å². The van der Waals surface area contributed by atoms with Gasteiger partial charge in [-0.15, -0.1) is 0 Å². The fourth-order valence-corrected chi connectivity index (χ4v) is 2.59. The molecule has 0 unspecified atom stereocenters. The van der Waals surface area contributed by atoms with Gasteiger partial charge in [-0.3, -0.25) is 0 Å². The first-order valence-corrected chi connectivity index (χ1v) is 6.67. The van der Waals surface area contributed by atoms with E-state index in [1.165, 1.54) is 6.08 Å². The third-order valence-electron chi connectivity index (χ3n) is 2.25. The number of thioether (sulfide) groups is 1. The quantitative estimate of drug-likeness (QED) is 0.222. The molecule has 3 atom stereocenters. The Hall–Kier alpha value is -1.41. The fourth-order valence-electron chi connectivity index (χ4n) is 1.48. The van der Waals surface area contributed by atoms with Crippen molar-refractivity contribution in [3.05, 3.63) is 34.7 Å². The number of nitriles is 1. The number of hydrogen-bond donors (Lipinski definition) is 0. The van der Waals surface area contributed by atoms with Gasteiger partial charge < -0.3 is 4.74 Å². The smallest absolute Gasteiger partial charge is 0.0912 e. The lowest BCUT2D eigenvalue weighted by molar-refractivity contribution is 0.0918. The van der Waals surface area contributed by atoms with Crippen LogP contribution in [0.4, 0.5) is 0 Å². The summed E-state index contributed by atoms with van der Waals surface area (Å²) < 4.78 is 5.41. The SMILES string of the molecule is CCS[C@@H](/C=C/C=C/C#N)[C@H](OC)[C@@H](C)N=[N+]=[N-]. The molecule has 98 valence electrons. The molecule has 0 aliphatic heterocycles. The molecule has 0 amide bonds. The highest BCUT2D eigenvalue weighted by Gasteiger charge is 2.24. The average molecular weight is 266 g/mol. The van der Waals surface area contributed by atoms with Crippen molar-refractivity contribution in [1.82, 2.24) is 0 Å². The first-order valence-electron chi connectivity index (χ1n) is 5.62. The Morgan fingerprint density at radius 1 is 1.56 bits per heavy atom. The van der Waals surface area contributed by atoms with E-state index in [0.29, 0.717) is 0 Å². The molecule has 0 rings (SSSR count). The van der Waals surface area contributed by atoms with E-state index < -0.39 is 0 Å². The van der Waals surface area contributed by atoms with Gasteiger partial charge >= 0.3 is 0 Å². The molecular weight excluding hydrogens is 248 g/mol. The molecule has 0 aromatic heterocycles. The van der Waals surface area contributed by atoms with Crippen LogP contribution in [0.25, 0.3) is 10.4 Å². The van der Waals surface area contributed by atoms with Crippen molar-refractivity contribution in [3.8, 4) is 6.07 Å². The minimum atomic E-state index is -0.242. The van der Waals surface area contributed by atoms with Crippen LogP contribution >= 0.6 is 11.8 Å². The van der Waals surface area contributed by atoms with Gasteiger partial charge in [-0.05, 0) is 11.3 Å². The van der Waals surface area contributed by atoms with E-state index in [9.17, 15) is 0 Å². The minimum Gasteiger partial charge on any atom is -0.380 e. The van der Waals surface area contributed by atoms with E-state index in [0.717, 1.165) is 5.75 Å². The normalized spacial score (nSPS) is 16.1. The van der Waals surface area contributed by atoms with E-state index in [2.05, 4.69) is 16.9 Å². The largest absolute Gasteiger partial charge is 0.380 e. The molecule has 0 bridgehead atoms. The van der Waals surface area contributed by atoms with Gasteiger partial charge in [0.05, 0.1) is 18.2 Å². The number of nitrogens with zero attached hydrogens (tertiary/aromatic N) is 4. The summed E-state index contributed by atoms with van der Waals surface area (Å²) in [5, 5.41) is 12.2. The Balaban J connectivity index is 4.82. The van der Waals surface area contributed by atoms with Gasteiger partial charge in [-0.2, -0.15) is 17.0 Å². The van der Waals surface area contributed by atoms with Crippen LogP contribution in [0, 0.1) is 11.3 Å². The van der Waals surface area contributed by atoms with Crippen molar-refractivity contribution in [1.29, 1.82) is 5.26 Å². The lowest BCUT2D eigenvalue weighted by atomic mass is 10.1. The molecule has 0 aliphatic carbocycles. The highest BCUT2D eigenvalue weighted by Crippen LogP contribution is 2.22. The fraction of sp³-hybridized carbons (Fsp3) is 0.583. The third-order valence-corrected chi connectivity index (χ3v) is 3.39. The monoisotopic (exact) mass is 266 g/mol. The summed E-state index contributed by atoms with van der Waals surface area (Å²) in [6, 6.07) is 1.68. The maximum atomic E-state index is 8.47. The summed E-state index contributed by atoms with van der Waals surface area (Å²) in [6.45, 7) is 3.89. The van der Waals surface area contributed by atoms with Gasteiger partial charge in [0.2, 0.25) is 0 Å². The maximum absolute atomic E-state index is 8.47. The highest BCUT2D eigenvalue weighted by molar-refractivity contribution is 8.00. The summed E-state index contributed by atoms with van der Waals surface area (Å²) in [5.41, 5.74) is 8.47. The van der Waals surface area contributed by atoms with Crippen LogP contribution in [0.3, 0.4) is 0 Å². The number of hydrogen-bond acceptors (Lipinski definition) is 4. The maximum Gasteiger partial charge on any atom is 0.0912 e. The predicted octanol–water partition coefficient (Wildman–Crippen LogP) is 3.46. The lowest BCUT2D eigenvalue weighted by Crippen LogP contribution is -2.33. The molecule has 0 heterocycles. The zero-order valence-corrected chi connectivity index (χ0v) is 11.7. The van der Waals surface area contributed by atoms with Gasteiger partial charge in [0.1, 0.15) is 0 Å². The van der Waals surface area contributed by atoms with Crippen LogP contribution in [0.2, 0.25) is 0 Å². The van der Waals surface area contributed by atoms with Gasteiger partial charge in [-0.25, -0.2) is 0 Å². The van der Waals surface area contributed by atoms with Crippen molar-refractivity contribution in [3.63, 3.8) is 0 Å². The Morgan fingerprint density at radius 2 is 2.28 bits per heavy atom. The van der Waals surface area contributed by atoms with E-state index in [-0.39, 0.29) is 17.4 Å². The van der Waals surface area contributed by atoms with Crippen LogP contribution in [-0.4, -0.2) is 30.3 Å². The molecule has 0 fully saturated rings. The number of methoxy groups -OCH3 is 1. The molecule has 6 heteroatoms. The topological polar surface area (TPSA) is 81.8 Å². The second-order valence-electron chi connectivity index (χ2n) is 3.44. The lowest BCUT2D eigenvalue weighted by Gasteiger charge is -2.25. The van der Waals surface area contributed by atoms with Gasteiger partial charge in [0.15, 0.2) is 0 Å². The van der Waals surface area contributed by atoms with Crippen LogP contribution in [0.5, 0.6) is 0 Å². The van der Waals surface area contributed by atoms with Crippen molar-refractivity contribution in [2.75, 3.05) is 12.9 Å². The molecule has 0 aromatic carbocycles. The molecule has 0 spiro atoms. The van der Waals surface area contributed by atoms with Crippen LogP contribution in [-0.2, 0) is 4.74 Å². The molecular formula is C12H18N4OS. The molecule has 0 saturated heterocycles. The Bertz CT molecular complexity index is 369. The number of ether oxygens (including phenoxy) is 1. The molecule has 0 N–H and O–H groups in total. The van der Waals surface area contributed by atoms with Crippen molar-refractivity contribution >= 4 is 11.8 Å². The third kappa shape index (κ3) is 6.36. The summed E-state index contributed by atoms with van der Waals surface area (Å²) in [7, 11) is 1.61. The predicted molar refractivity (Wildman–Crippen MR) is 75.2 cm³/mol. The zero-order chi connectivity index (χ0) is 13.8. The second-order valence-corrected chi connectivity index (χ2v) is 4.89. The minimum absolute atomic E-state index is 0.0869. The van der Waals surface area contributed by atoms with Gasteiger partial charge in [0, 0.05) is 23.3 Å². The first kappa shape index (κ1) is 16.6. The second kappa shape index (κ2) is 10.7. The zero-order valence-electron chi connectivity index (χ0n) is 10.9. The summed E-state index contributed by atoms with van der Waals surface area (Å²) in [4.78, 5) is 2.81. The standard InChI is InChI=1S/C12H18N4OS/c1-4-18-11(8-6-5-7-9-13)12(17-3)10(2)15-16-14/h5-8,10-12H,4H2,1-3H3/b7-5+,8-6+/t10-,11+,12-/m1/s1. The van der Waals surface area contributed by atoms with E-state index in [1.54, 1.807) is 24.9 Å². The van der Waals surface area contributed by atoms with Crippen molar-refractivity contribution in [2.45, 2.75) is 31.2 Å². The molecule has 0 saturated carbocycles. The summed E-state index contributed by atoms with van der Waals surface area (Å²) >= 11 is 1.71. The van der Waals surface area contributed by atoms with E-state index in [4.69, 9.17) is 15.5 Å². The van der Waals surface area contributed by atoms with E-state index in [1.807, 2.05) is 25.1 Å².